The number of aliphatic imine (C=N–C) groups is 1. The quantitative estimate of drug-likeness (QED) is 0.778. The molecule has 0 spiro atoms. The van der Waals surface area contributed by atoms with Gasteiger partial charge in [0.15, 0.2) is 0 Å². The largest absolute Gasteiger partial charge is 0.341 e. The van der Waals surface area contributed by atoms with Gasteiger partial charge in [0.2, 0.25) is 5.91 Å². The number of hydrogen-bond acceptors (Lipinski definition) is 5. The molecule has 7 nitrogen and oxygen atoms in total. The smallest absolute Gasteiger partial charge is 0.263 e. The van der Waals surface area contributed by atoms with Crippen LogP contribution in [0.15, 0.2) is 34.2 Å². The van der Waals surface area contributed by atoms with Gasteiger partial charge in [-0.2, -0.15) is 0 Å². The highest BCUT2D eigenvalue weighted by atomic mass is 35.5. The zero-order valence-corrected chi connectivity index (χ0v) is 17.2. The van der Waals surface area contributed by atoms with Crippen molar-refractivity contribution in [3.8, 4) is 0 Å². The van der Waals surface area contributed by atoms with Crippen LogP contribution in [0.3, 0.4) is 0 Å². The van der Waals surface area contributed by atoms with Crippen LogP contribution < -0.4 is 10.5 Å². The minimum absolute atomic E-state index is 0. The third-order valence-electron chi connectivity index (χ3n) is 4.78. The van der Waals surface area contributed by atoms with Gasteiger partial charge < -0.3 is 10.6 Å². The lowest BCUT2D eigenvalue weighted by molar-refractivity contribution is -0.133. The van der Waals surface area contributed by atoms with Crippen molar-refractivity contribution in [1.82, 2.24) is 9.62 Å². The van der Waals surface area contributed by atoms with E-state index in [-0.39, 0.29) is 41.0 Å². The standard InChI is InChI=1S/C18H26N4O3S.ClH/c1-12(2)11-15(18(23)22-9-7-13(19)8-10-22)20-17-14-5-3-4-6-16(14)26(24,25)21-17;/h3-6,12-13,15H,7-11,19H2,1-2H3,(H,20,21);1H. The van der Waals surface area contributed by atoms with Crippen molar-refractivity contribution in [2.24, 2.45) is 16.6 Å². The van der Waals surface area contributed by atoms with E-state index in [9.17, 15) is 13.2 Å². The Bertz CT molecular complexity index is 818. The number of halogens is 1. The van der Waals surface area contributed by atoms with Crippen LogP contribution in [0.2, 0.25) is 0 Å². The Balaban J connectivity index is 0.00000261. The highest BCUT2D eigenvalue weighted by molar-refractivity contribution is 7.90. The van der Waals surface area contributed by atoms with Gasteiger partial charge >= 0.3 is 0 Å². The average molecular weight is 415 g/mol. The van der Waals surface area contributed by atoms with Crippen LogP contribution in [-0.4, -0.2) is 50.2 Å². The average Bonchev–Trinajstić information content (AvgIpc) is 2.85. The fraction of sp³-hybridized carbons (Fsp3) is 0.556. The predicted molar refractivity (Wildman–Crippen MR) is 108 cm³/mol. The molecule has 3 rings (SSSR count). The molecule has 1 aromatic rings. The van der Waals surface area contributed by atoms with Crippen LogP contribution in [0.25, 0.3) is 0 Å². The molecule has 0 aromatic heterocycles. The van der Waals surface area contributed by atoms with Gasteiger partial charge in [-0.05, 0) is 37.3 Å². The van der Waals surface area contributed by atoms with Gasteiger partial charge in [-0.15, -0.1) is 12.4 Å². The summed E-state index contributed by atoms with van der Waals surface area (Å²) in [6.45, 7) is 5.31. The van der Waals surface area contributed by atoms with E-state index in [4.69, 9.17) is 5.73 Å². The number of rotatable bonds is 4. The van der Waals surface area contributed by atoms with E-state index in [1.807, 2.05) is 13.8 Å². The number of benzene rings is 1. The molecule has 1 saturated heterocycles. The molecule has 9 heteroatoms. The lowest BCUT2D eigenvalue weighted by Crippen LogP contribution is -2.47. The number of sulfonamides is 1. The summed E-state index contributed by atoms with van der Waals surface area (Å²) in [7, 11) is -3.61. The summed E-state index contributed by atoms with van der Waals surface area (Å²) in [6, 6.07) is 6.24. The first kappa shape index (κ1) is 21.7. The Labute approximate surface area is 166 Å². The van der Waals surface area contributed by atoms with Crippen molar-refractivity contribution in [2.45, 2.75) is 50.1 Å². The number of nitrogens with two attached hydrogens (primary N) is 1. The van der Waals surface area contributed by atoms with Crippen molar-refractivity contribution in [2.75, 3.05) is 13.1 Å². The maximum atomic E-state index is 13.0. The molecule has 2 heterocycles. The van der Waals surface area contributed by atoms with Crippen LogP contribution in [0, 0.1) is 5.92 Å². The molecule has 1 unspecified atom stereocenters. The molecule has 2 aliphatic rings. The van der Waals surface area contributed by atoms with Gasteiger partial charge in [0, 0.05) is 24.7 Å². The van der Waals surface area contributed by atoms with E-state index in [1.54, 1.807) is 29.2 Å². The van der Waals surface area contributed by atoms with Crippen molar-refractivity contribution < 1.29 is 13.2 Å². The lowest BCUT2D eigenvalue weighted by Gasteiger charge is -2.32. The minimum Gasteiger partial charge on any atom is -0.341 e. The Morgan fingerprint density at radius 2 is 1.93 bits per heavy atom. The summed E-state index contributed by atoms with van der Waals surface area (Å²) in [6.07, 6.45) is 2.13. The van der Waals surface area contributed by atoms with Gasteiger partial charge in [-0.3, -0.25) is 14.5 Å². The van der Waals surface area contributed by atoms with Crippen LogP contribution in [0.1, 0.15) is 38.7 Å². The first-order valence-electron chi connectivity index (χ1n) is 9.02. The Hall–Kier alpha value is -1.64. The van der Waals surface area contributed by atoms with Crippen molar-refractivity contribution >= 4 is 34.2 Å². The van der Waals surface area contributed by atoms with E-state index in [0.717, 1.165) is 12.8 Å². The molecule has 3 N–H and O–H groups in total. The molecule has 0 radical (unpaired) electrons. The molecule has 150 valence electrons. The number of amidine groups is 1. The third kappa shape index (κ3) is 4.80. The molecule has 0 bridgehead atoms. The first-order valence-corrected chi connectivity index (χ1v) is 10.5. The summed E-state index contributed by atoms with van der Waals surface area (Å²) < 4.78 is 27.0. The van der Waals surface area contributed by atoms with Crippen LogP contribution in [0.5, 0.6) is 0 Å². The van der Waals surface area contributed by atoms with Crippen molar-refractivity contribution in [1.29, 1.82) is 0 Å². The second-order valence-electron chi connectivity index (χ2n) is 7.39. The molecule has 1 amide bonds. The maximum Gasteiger partial charge on any atom is 0.263 e. The summed E-state index contributed by atoms with van der Waals surface area (Å²) in [5, 5.41) is 0. The molecular formula is C18H27ClN4O3S. The Morgan fingerprint density at radius 3 is 2.56 bits per heavy atom. The van der Waals surface area contributed by atoms with Crippen molar-refractivity contribution in [3.05, 3.63) is 29.8 Å². The Kier molecular flexibility index (Phi) is 6.88. The molecule has 0 saturated carbocycles. The molecule has 1 atom stereocenters. The van der Waals surface area contributed by atoms with Crippen LogP contribution in [-0.2, 0) is 14.8 Å². The minimum atomic E-state index is -3.61. The number of carbonyl (C=O) groups excluding carboxylic acids is 1. The number of likely N-dealkylation sites (tertiary alicyclic amines) is 1. The maximum absolute atomic E-state index is 13.0. The SMILES string of the molecule is CC(C)CC(N=C1NS(=O)(=O)c2ccccc21)C(=O)N1CCC(N)CC1.Cl. The number of hydrogen-bond donors (Lipinski definition) is 2. The van der Waals surface area contributed by atoms with Gasteiger partial charge in [0.25, 0.3) is 10.0 Å². The number of nitrogens with one attached hydrogen (secondary N) is 1. The van der Waals surface area contributed by atoms with Gasteiger partial charge in [0.05, 0.1) is 4.90 Å². The topological polar surface area (TPSA) is 105 Å². The van der Waals surface area contributed by atoms with Crippen LogP contribution in [0.4, 0.5) is 0 Å². The number of carbonyl (C=O) groups is 1. The van der Waals surface area contributed by atoms with Crippen LogP contribution >= 0.6 is 12.4 Å². The van der Waals surface area contributed by atoms with E-state index in [2.05, 4.69) is 9.71 Å². The van der Waals surface area contributed by atoms with Gasteiger partial charge in [0.1, 0.15) is 11.9 Å². The van der Waals surface area contributed by atoms with E-state index in [1.165, 1.54) is 0 Å². The van der Waals surface area contributed by atoms with Gasteiger partial charge in [-0.1, -0.05) is 26.0 Å². The fourth-order valence-electron chi connectivity index (χ4n) is 3.37. The van der Waals surface area contributed by atoms with Gasteiger partial charge in [-0.25, -0.2) is 8.42 Å². The third-order valence-corrected chi connectivity index (χ3v) is 6.18. The predicted octanol–water partition coefficient (Wildman–Crippen LogP) is 1.51. The second kappa shape index (κ2) is 8.58. The first-order chi connectivity index (χ1) is 12.3. The van der Waals surface area contributed by atoms with Crippen molar-refractivity contribution in [3.63, 3.8) is 0 Å². The molecule has 27 heavy (non-hydrogen) atoms. The van der Waals surface area contributed by atoms with E-state index >= 15 is 0 Å². The molecule has 0 aliphatic carbocycles. The summed E-state index contributed by atoms with van der Waals surface area (Å²) in [4.78, 5) is 19.6. The summed E-state index contributed by atoms with van der Waals surface area (Å²) in [5.74, 6) is 0.462. The number of fused-ring (bicyclic) bond motifs is 1. The summed E-state index contributed by atoms with van der Waals surface area (Å²) >= 11 is 0. The molecular weight excluding hydrogens is 388 g/mol. The zero-order valence-electron chi connectivity index (χ0n) is 15.6. The lowest BCUT2D eigenvalue weighted by atomic mass is 10.0. The monoisotopic (exact) mass is 414 g/mol. The Morgan fingerprint density at radius 1 is 1.30 bits per heavy atom. The number of nitrogens with zero attached hydrogens (tertiary/aromatic N) is 2. The highest BCUT2D eigenvalue weighted by Gasteiger charge is 2.33. The van der Waals surface area contributed by atoms with E-state index in [0.29, 0.717) is 25.1 Å². The normalized spacial score (nSPS) is 21.5. The fourth-order valence-corrected chi connectivity index (χ4v) is 4.61. The zero-order chi connectivity index (χ0) is 18.9. The summed E-state index contributed by atoms with van der Waals surface area (Å²) in [5.41, 5.74) is 6.45. The highest BCUT2D eigenvalue weighted by Crippen LogP contribution is 2.24. The number of piperidine rings is 1. The number of amides is 1. The van der Waals surface area contributed by atoms with E-state index < -0.39 is 16.1 Å². The second-order valence-corrected chi connectivity index (χ2v) is 9.04. The molecule has 1 fully saturated rings. The molecule has 1 aromatic carbocycles. The molecule has 2 aliphatic heterocycles.